The van der Waals surface area contributed by atoms with Crippen molar-refractivity contribution >= 4 is 0 Å². The summed E-state index contributed by atoms with van der Waals surface area (Å²) >= 11 is 0. The maximum atomic E-state index is 6.14. The molecule has 110 valence electrons. The molecule has 0 amide bonds. The lowest BCUT2D eigenvalue weighted by atomic mass is 9.95. The van der Waals surface area contributed by atoms with Gasteiger partial charge in [0.25, 0.3) is 0 Å². The Kier molecular flexibility index (Phi) is 4.14. The third kappa shape index (κ3) is 3.21. The Balaban J connectivity index is 1.68. The molecule has 1 aliphatic heterocycles. The van der Waals surface area contributed by atoms with Crippen molar-refractivity contribution in [2.75, 3.05) is 6.61 Å². The molecular weight excluding hydrogens is 260 g/mol. The second-order valence-electron chi connectivity index (χ2n) is 5.73. The predicted molar refractivity (Wildman–Crippen MR) is 85.2 cm³/mol. The van der Waals surface area contributed by atoms with Gasteiger partial charge in [0.05, 0.1) is 0 Å². The topological polar surface area (TPSA) is 18.5 Å². The Hall–Kier alpha value is -1.96. The molecule has 0 saturated carbocycles. The van der Waals surface area contributed by atoms with Crippen LogP contribution in [0.15, 0.2) is 48.5 Å². The van der Waals surface area contributed by atoms with Crippen molar-refractivity contribution in [3.63, 3.8) is 0 Å². The van der Waals surface area contributed by atoms with Crippen molar-refractivity contribution in [1.29, 1.82) is 0 Å². The van der Waals surface area contributed by atoms with Gasteiger partial charge in [0, 0.05) is 0 Å². The zero-order chi connectivity index (χ0) is 14.7. The van der Waals surface area contributed by atoms with E-state index in [-0.39, 0.29) is 6.10 Å². The molecule has 0 fully saturated rings. The lowest BCUT2D eigenvalue weighted by molar-refractivity contribution is 0.0805. The first kappa shape index (κ1) is 14.0. The number of ether oxygens (including phenoxy) is 2. The van der Waals surface area contributed by atoms with Crippen LogP contribution in [-0.4, -0.2) is 12.7 Å². The van der Waals surface area contributed by atoms with E-state index in [4.69, 9.17) is 9.47 Å². The summed E-state index contributed by atoms with van der Waals surface area (Å²) in [5, 5.41) is 0. The predicted octanol–water partition coefficient (Wildman–Crippen LogP) is 4.58. The van der Waals surface area contributed by atoms with E-state index in [0.717, 1.165) is 24.3 Å². The summed E-state index contributed by atoms with van der Waals surface area (Å²) in [6.45, 7) is 5.03. The van der Waals surface area contributed by atoms with Crippen LogP contribution in [-0.2, 0) is 6.42 Å². The van der Waals surface area contributed by atoms with Gasteiger partial charge in [-0.3, -0.25) is 0 Å². The lowest BCUT2D eigenvalue weighted by Crippen LogP contribution is -2.30. The molecule has 0 aromatic heterocycles. The van der Waals surface area contributed by atoms with E-state index in [1.54, 1.807) is 0 Å². The van der Waals surface area contributed by atoms with Crippen molar-refractivity contribution in [2.24, 2.45) is 0 Å². The van der Waals surface area contributed by atoms with Gasteiger partial charge in [-0.05, 0) is 42.0 Å². The van der Waals surface area contributed by atoms with E-state index in [1.807, 2.05) is 6.07 Å². The highest BCUT2D eigenvalue weighted by Gasteiger charge is 2.23. The van der Waals surface area contributed by atoms with Gasteiger partial charge in [0.1, 0.15) is 12.7 Å². The van der Waals surface area contributed by atoms with Gasteiger partial charge in [-0.25, -0.2) is 0 Å². The fraction of sp³-hybridized carbons (Fsp3) is 0.368. The SMILES string of the molecule is CCc1ccc2c(c1)OC(CC(C)c1ccccc1)CO2. The van der Waals surface area contributed by atoms with Crippen LogP contribution < -0.4 is 9.47 Å². The zero-order valence-corrected chi connectivity index (χ0v) is 12.7. The third-order valence-electron chi connectivity index (χ3n) is 4.12. The van der Waals surface area contributed by atoms with Gasteiger partial charge in [-0.1, -0.05) is 50.2 Å². The van der Waals surface area contributed by atoms with Crippen LogP contribution in [0.2, 0.25) is 0 Å². The van der Waals surface area contributed by atoms with Gasteiger partial charge < -0.3 is 9.47 Å². The molecule has 2 aromatic rings. The van der Waals surface area contributed by atoms with Crippen molar-refractivity contribution in [3.05, 3.63) is 59.7 Å². The number of hydrogen-bond donors (Lipinski definition) is 0. The molecule has 2 atom stereocenters. The third-order valence-corrected chi connectivity index (χ3v) is 4.12. The molecule has 1 heterocycles. The Morgan fingerprint density at radius 2 is 1.90 bits per heavy atom. The van der Waals surface area contributed by atoms with Crippen molar-refractivity contribution < 1.29 is 9.47 Å². The number of rotatable bonds is 4. The van der Waals surface area contributed by atoms with Crippen molar-refractivity contribution in [1.82, 2.24) is 0 Å². The van der Waals surface area contributed by atoms with Crippen LogP contribution in [0.3, 0.4) is 0 Å². The number of hydrogen-bond acceptors (Lipinski definition) is 2. The molecule has 0 spiro atoms. The summed E-state index contributed by atoms with van der Waals surface area (Å²) in [4.78, 5) is 0. The first-order valence-corrected chi connectivity index (χ1v) is 7.73. The standard InChI is InChI=1S/C19H22O2/c1-3-15-9-10-18-19(12-15)21-17(13-20-18)11-14(2)16-7-5-4-6-8-16/h4-10,12,14,17H,3,11,13H2,1-2H3. The quantitative estimate of drug-likeness (QED) is 0.817. The fourth-order valence-corrected chi connectivity index (χ4v) is 2.81. The molecule has 2 nitrogen and oxygen atoms in total. The van der Waals surface area contributed by atoms with Crippen molar-refractivity contribution in [3.8, 4) is 11.5 Å². The minimum atomic E-state index is 0.125. The van der Waals surface area contributed by atoms with Crippen molar-refractivity contribution in [2.45, 2.75) is 38.7 Å². The van der Waals surface area contributed by atoms with Crippen LogP contribution >= 0.6 is 0 Å². The molecule has 2 aromatic carbocycles. The first-order chi connectivity index (χ1) is 10.3. The monoisotopic (exact) mass is 282 g/mol. The Morgan fingerprint density at radius 1 is 1.10 bits per heavy atom. The molecular formula is C19H22O2. The largest absolute Gasteiger partial charge is 0.486 e. The minimum Gasteiger partial charge on any atom is -0.486 e. The molecule has 0 aliphatic carbocycles. The van der Waals surface area contributed by atoms with Gasteiger partial charge >= 0.3 is 0 Å². The molecule has 2 unspecified atom stereocenters. The summed E-state index contributed by atoms with van der Waals surface area (Å²) in [5.74, 6) is 2.23. The Labute approximate surface area is 126 Å². The maximum Gasteiger partial charge on any atom is 0.162 e. The van der Waals surface area contributed by atoms with E-state index >= 15 is 0 Å². The van der Waals surface area contributed by atoms with E-state index in [2.05, 4.69) is 56.3 Å². The second-order valence-corrected chi connectivity index (χ2v) is 5.73. The normalized spacial score (nSPS) is 18.3. The average Bonchev–Trinajstić information content (AvgIpc) is 2.55. The molecule has 21 heavy (non-hydrogen) atoms. The van der Waals surface area contributed by atoms with E-state index in [0.29, 0.717) is 12.5 Å². The molecule has 0 N–H and O–H groups in total. The van der Waals surface area contributed by atoms with Crippen LogP contribution in [0, 0.1) is 0 Å². The smallest absolute Gasteiger partial charge is 0.162 e. The van der Waals surface area contributed by atoms with E-state index < -0.39 is 0 Å². The van der Waals surface area contributed by atoms with Gasteiger partial charge in [0.15, 0.2) is 11.5 Å². The number of aryl methyl sites for hydroxylation is 1. The van der Waals surface area contributed by atoms with Gasteiger partial charge in [-0.2, -0.15) is 0 Å². The summed E-state index contributed by atoms with van der Waals surface area (Å²) in [5.41, 5.74) is 2.64. The zero-order valence-electron chi connectivity index (χ0n) is 12.7. The summed E-state index contributed by atoms with van der Waals surface area (Å²) in [6, 6.07) is 16.8. The number of fused-ring (bicyclic) bond motifs is 1. The summed E-state index contributed by atoms with van der Waals surface area (Å²) < 4.78 is 12.0. The van der Waals surface area contributed by atoms with Gasteiger partial charge in [0.2, 0.25) is 0 Å². The maximum absolute atomic E-state index is 6.14. The lowest BCUT2D eigenvalue weighted by Gasteiger charge is -2.28. The highest BCUT2D eigenvalue weighted by Crippen LogP contribution is 2.35. The van der Waals surface area contributed by atoms with Crippen LogP contribution in [0.25, 0.3) is 0 Å². The summed E-state index contributed by atoms with van der Waals surface area (Å²) in [7, 11) is 0. The van der Waals surface area contributed by atoms with E-state index in [1.165, 1.54) is 11.1 Å². The molecule has 1 aliphatic rings. The van der Waals surface area contributed by atoms with E-state index in [9.17, 15) is 0 Å². The van der Waals surface area contributed by atoms with Gasteiger partial charge in [-0.15, -0.1) is 0 Å². The molecule has 0 radical (unpaired) electrons. The average molecular weight is 282 g/mol. The first-order valence-electron chi connectivity index (χ1n) is 7.73. The highest BCUT2D eigenvalue weighted by atomic mass is 16.6. The molecule has 0 bridgehead atoms. The summed E-state index contributed by atoms with van der Waals surface area (Å²) in [6.07, 6.45) is 2.11. The fourth-order valence-electron chi connectivity index (χ4n) is 2.81. The molecule has 2 heteroatoms. The van der Waals surface area contributed by atoms with Crippen LogP contribution in [0.5, 0.6) is 11.5 Å². The molecule has 3 rings (SSSR count). The Bertz CT molecular complexity index is 592. The minimum absolute atomic E-state index is 0.125. The molecule has 0 saturated heterocycles. The highest BCUT2D eigenvalue weighted by molar-refractivity contribution is 5.44. The van der Waals surface area contributed by atoms with Crippen LogP contribution in [0.1, 0.15) is 37.3 Å². The second kappa shape index (κ2) is 6.21. The number of benzene rings is 2. The van der Waals surface area contributed by atoms with Crippen LogP contribution in [0.4, 0.5) is 0 Å². The Morgan fingerprint density at radius 3 is 2.67 bits per heavy atom.